The van der Waals surface area contributed by atoms with Crippen molar-refractivity contribution in [3.63, 3.8) is 0 Å². The first kappa shape index (κ1) is 9.91. The van der Waals surface area contributed by atoms with Crippen molar-refractivity contribution >= 4 is 10.9 Å². The van der Waals surface area contributed by atoms with Crippen LogP contribution in [0, 0.1) is 0 Å². The molecule has 2 nitrogen and oxygen atoms in total. The quantitative estimate of drug-likeness (QED) is 0.836. The molecular formula is C14H17NO. The van der Waals surface area contributed by atoms with Crippen molar-refractivity contribution in [3.8, 4) is 0 Å². The van der Waals surface area contributed by atoms with Crippen molar-refractivity contribution in [2.45, 2.75) is 31.3 Å². The van der Waals surface area contributed by atoms with Crippen molar-refractivity contribution in [3.05, 3.63) is 36.0 Å². The van der Waals surface area contributed by atoms with Crippen LogP contribution >= 0.6 is 0 Å². The Bertz CT molecular complexity index is 523. The summed E-state index contributed by atoms with van der Waals surface area (Å²) in [6.45, 7) is 0. The van der Waals surface area contributed by atoms with Crippen LogP contribution in [0.3, 0.4) is 0 Å². The maximum atomic E-state index is 9.80. The topological polar surface area (TPSA) is 25.2 Å². The zero-order chi connectivity index (χ0) is 11.2. The van der Waals surface area contributed by atoms with Gasteiger partial charge in [-0.15, -0.1) is 0 Å². The smallest absolute Gasteiger partial charge is 0.0653 e. The standard InChI is InChI=1S/C14H17NO/c1-15-9-5-12-10-11(2-3-13(12)15)4-6-14(16)7-8-14/h2-3,5,9-10,16H,4,6-8H2,1H3. The van der Waals surface area contributed by atoms with Gasteiger partial charge in [0.1, 0.15) is 0 Å². The Labute approximate surface area is 95.5 Å². The minimum Gasteiger partial charge on any atom is -0.390 e. The third-order valence-corrected chi connectivity index (χ3v) is 3.66. The number of hydrogen-bond donors (Lipinski definition) is 1. The van der Waals surface area contributed by atoms with E-state index in [1.165, 1.54) is 16.5 Å². The molecule has 0 spiro atoms. The van der Waals surface area contributed by atoms with Gasteiger partial charge in [0.25, 0.3) is 0 Å². The van der Waals surface area contributed by atoms with Gasteiger partial charge >= 0.3 is 0 Å². The summed E-state index contributed by atoms with van der Waals surface area (Å²) in [5.74, 6) is 0. The summed E-state index contributed by atoms with van der Waals surface area (Å²) >= 11 is 0. The molecule has 0 radical (unpaired) electrons. The summed E-state index contributed by atoms with van der Waals surface area (Å²) < 4.78 is 2.13. The van der Waals surface area contributed by atoms with Gasteiger partial charge < -0.3 is 9.67 Å². The number of hydrogen-bond acceptors (Lipinski definition) is 1. The van der Waals surface area contributed by atoms with E-state index in [-0.39, 0.29) is 5.60 Å². The highest BCUT2D eigenvalue weighted by atomic mass is 16.3. The summed E-state index contributed by atoms with van der Waals surface area (Å²) in [7, 11) is 2.06. The number of aliphatic hydroxyl groups is 1. The first-order valence-corrected chi connectivity index (χ1v) is 5.93. The van der Waals surface area contributed by atoms with E-state index < -0.39 is 0 Å². The zero-order valence-corrected chi connectivity index (χ0v) is 9.61. The lowest BCUT2D eigenvalue weighted by Gasteiger charge is -2.07. The fraction of sp³-hybridized carbons (Fsp3) is 0.429. The summed E-state index contributed by atoms with van der Waals surface area (Å²) in [6.07, 6.45) is 5.96. The Hall–Kier alpha value is -1.28. The molecule has 3 rings (SSSR count). The fourth-order valence-corrected chi connectivity index (χ4v) is 2.26. The van der Waals surface area contributed by atoms with Gasteiger partial charge in [-0.05, 0) is 54.8 Å². The first-order chi connectivity index (χ1) is 7.66. The average Bonchev–Trinajstić information content (AvgIpc) is 2.91. The van der Waals surface area contributed by atoms with E-state index in [0.29, 0.717) is 0 Å². The Balaban J connectivity index is 1.82. The van der Waals surface area contributed by atoms with Gasteiger partial charge in [-0.1, -0.05) is 6.07 Å². The number of aromatic nitrogens is 1. The van der Waals surface area contributed by atoms with Crippen molar-refractivity contribution in [2.24, 2.45) is 7.05 Å². The monoisotopic (exact) mass is 215 g/mol. The van der Waals surface area contributed by atoms with E-state index >= 15 is 0 Å². The van der Waals surface area contributed by atoms with E-state index in [4.69, 9.17) is 0 Å². The molecule has 1 aromatic carbocycles. The third kappa shape index (κ3) is 1.74. The van der Waals surface area contributed by atoms with E-state index in [1.807, 2.05) is 0 Å². The van der Waals surface area contributed by atoms with Gasteiger partial charge in [0, 0.05) is 18.8 Å². The van der Waals surface area contributed by atoms with Crippen molar-refractivity contribution < 1.29 is 5.11 Å². The molecule has 1 aromatic heterocycles. The van der Waals surface area contributed by atoms with Gasteiger partial charge in [0.15, 0.2) is 0 Å². The second-order valence-electron chi connectivity index (χ2n) is 5.04. The van der Waals surface area contributed by atoms with E-state index in [0.717, 1.165) is 25.7 Å². The third-order valence-electron chi connectivity index (χ3n) is 3.66. The Morgan fingerprint density at radius 3 is 2.88 bits per heavy atom. The van der Waals surface area contributed by atoms with Crippen LogP contribution in [-0.4, -0.2) is 15.3 Å². The second-order valence-corrected chi connectivity index (χ2v) is 5.04. The maximum absolute atomic E-state index is 9.80. The Morgan fingerprint density at radius 2 is 2.12 bits per heavy atom. The summed E-state index contributed by atoms with van der Waals surface area (Å²) in [4.78, 5) is 0. The van der Waals surface area contributed by atoms with E-state index in [9.17, 15) is 5.11 Å². The number of nitrogens with zero attached hydrogens (tertiary/aromatic N) is 1. The Kier molecular flexibility index (Phi) is 2.08. The largest absolute Gasteiger partial charge is 0.390 e. The van der Waals surface area contributed by atoms with Crippen LogP contribution in [0.5, 0.6) is 0 Å². The SMILES string of the molecule is Cn1ccc2cc(CCC3(O)CC3)ccc21. The first-order valence-electron chi connectivity index (χ1n) is 5.93. The van der Waals surface area contributed by atoms with Crippen LogP contribution in [-0.2, 0) is 13.5 Å². The highest BCUT2D eigenvalue weighted by Gasteiger charge is 2.39. The molecule has 1 fully saturated rings. The minimum absolute atomic E-state index is 0.328. The number of fused-ring (bicyclic) bond motifs is 1. The number of rotatable bonds is 3. The van der Waals surface area contributed by atoms with E-state index in [1.54, 1.807) is 0 Å². The molecule has 2 aromatic rings. The average molecular weight is 215 g/mol. The molecule has 84 valence electrons. The van der Waals surface area contributed by atoms with Crippen molar-refractivity contribution in [1.29, 1.82) is 0 Å². The predicted octanol–water partition coefficient (Wildman–Crippen LogP) is 2.64. The number of aryl methyl sites for hydroxylation is 2. The molecule has 0 atom stereocenters. The normalized spacial score (nSPS) is 17.9. The molecule has 0 unspecified atom stereocenters. The highest BCUT2D eigenvalue weighted by Crippen LogP contribution is 2.39. The minimum atomic E-state index is -0.328. The van der Waals surface area contributed by atoms with E-state index in [2.05, 4.69) is 42.1 Å². The molecule has 0 aliphatic heterocycles. The lowest BCUT2D eigenvalue weighted by Crippen LogP contribution is -2.07. The number of benzene rings is 1. The fourth-order valence-electron chi connectivity index (χ4n) is 2.26. The summed E-state index contributed by atoms with van der Waals surface area (Å²) in [5, 5.41) is 11.1. The molecule has 1 saturated carbocycles. The van der Waals surface area contributed by atoms with Crippen LogP contribution in [0.2, 0.25) is 0 Å². The lowest BCUT2D eigenvalue weighted by molar-refractivity contribution is 0.140. The van der Waals surface area contributed by atoms with Gasteiger partial charge in [-0.3, -0.25) is 0 Å². The highest BCUT2D eigenvalue weighted by molar-refractivity contribution is 5.80. The van der Waals surface area contributed by atoms with Crippen LogP contribution < -0.4 is 0 Å². The molecular weight excluding hydrogens is 198 g/mol. The van der Waals surface area contributed by atoms with Gasteiger partial charge in [-0.25, -0.2) is 0 Å². The molecule has 0 amide bonds. The zero-order valence-electron chi connectivity index (χ0n) is 9.61. The van der Waals surface area contributed by atoms with Gasteiger partial charge in [-0.2, -0.15) is 0 Å². The second kappa shape index (κ2) is 3.36. The Morgan fingerprint density at radius 1 is 1.31 bits per heavy atom. The lowest BCUT2D eigenvalue weighted by atomic mass is 10.0. The van der Waals surface area contributed by atoms with Crippen LogP contribution in [0.1, 0.15) is 24.8 Å². The van der Waals surface area contributed by atoms with Crippen LogP contribution in [0.25, 0.3) is 10.9 Å². The van der Waals surface area contributed by atoms with Gasteiger partial charge in [0.2, 0.25) is 0 Å². The van der Waals surface area contributed by atoms with Gasteiger partial charge in [0.05, 0.1) is 5.60 Å². The predicted molar refractivity (Wildman–Crippen MR) is 65.4 cm³/mol. The molecule has 1 N–H and O–H groups in total. The molecule has 2 heteroatoms. The molecule has 0 bridgehead atoms. The molecule has 1 aliphatic rings. The van der Waals surface area contributed by atoms with Crippen LogP contribution in [0.15, 0.2) is 30.5 Å². The summed E-state index contributed by atoms with van der Waals surface area (Å²) in [6, 6.07) is 8.72. The van der Waals surface area contributed by atoms with Crippen molar-refractivity contribution in [2.75, 3.05) is 0 Å². The molecule has 16 heavy (non-hydrogen) atoms. The maximum Gasteiger partial charge on any atom is 0.0653 e. The molecule has 1 heterocycles. The van der Waals surface area contributed by atoms with Crippen LogP contribution in [0.4, 0.5) is 0 Å². The molecule has 1 aliphatic carbocycles. The molecule has 0 saturated heterocycles. The summed E-state index contributed by atoms with van der Waals surface area (Å²) in [5.41, 5.74) is 2.28. The van der Waals surface area contributed by atoms with Crippen molar-refractivity contribution in [1.82, 2.24) is 4.57 Å².